The summed E-state index contributed by atoms with van der Waals surface area (Å²) in [5.41, 5.74) is 8.40. The fourth-order valence-electron chi connectivity index (χ4n) is 2.15. The van der Waals surface area contributed by atoms with E-state index in [1.165, 1.54) is 4.90 Å². The van der Waals surface area contributed by atoms with E-state index in [1.807, 2.05) is 45.9 Å². The van der Waals surface area contributed by atoms with E-state index >= 15 is 0 Å². The van der Waals surface area contributed by atoms with Crippen LogP contribution in [0.2, 0.25) is 0 Å². The summed E-state index contributed by atoms with van der Waals surface area (Å²) in [4.78, 5) is 13.6. The fourth-order valence-corrected chi connectivity index (χ4v) is 2.15. The van der Waals surface area contributed by atoms with E-state index in [0.717, 1.165) is 29.7 Å². The maximum absolute atomic E-state index is 12.3. The molecule has 0 aliphatic heterocycles. The predicted octanol–water partition coefficient (Wildman–Crippen LogP) is 2.63. The number of carbonyl (C=O) groups excluding carboxylic acids is 1. The zero-order valence-corrected chi connectivity index (χ0v) is 12.7. The van der Waals surface area contributed by atoms with Crippen molar-refractivity contribution >= 4 is 17.7 Å². The van der Waals surface area contributed by atoms with Crippen LogP contribution in [0.15, 0.2) is 18.2 Å². The number of hydrogen-bond acceptors (Lipinski definition) is 2. The average molecular weight is 276 g/mol. The highest BCUT2D eigenvalue weighted by Gasteiger charge is 2.23. The summed E-state index contributed by atoms with van der Waals surface area (Å²) in [6.07, 6.45) is 1.56. The van der Waals surface area contributed by atoms with E-state index in [9.17, 15) is 4.79 Å². The molecule has 0 aliphatic rings. The van der Waals surface area contributed by atoms with Gasteiger partial charge in [0.25, 0.3) is 0 Å². The standard InChI is InChI=1S/C15H24N4O/c1-5-11-8-7-9-12(6-2)13(11)19(14(16)17)15(20)18-10(3)4/h7-10H,5-6H2,1-4H3,(H3,16,17)(H,18,20). The van der Waals surface area contributed by atoms with E-state index in [1.54, 1.807) is 0 Å². The van der Waals surface area contributed by atoms with Gasteiger partial charge in [-0.2, -0.15) is 0 Å². The summed E-state index contributed by atoms with van der Waals surface area (Å²) in [6, 6.07) is 5.53. The first-order chi connectivity index (χ1) is 9.42. The summed E-state index contributed by atoms with van der Waals surface area (Å²) in [5.74, 6) is -0.265. The summed E-state index contributed by atoms with van der Waals surface area (Å²) >= 11 is 0. The number of nitrogens with zero attached hydrogens (tertiary/aromatic N) is 1. The number of amides is 2. The summed E-state index contributed by atoms with van der Waals surface area (Å²) in [5, 5.41) is 10.5. The summed E-state index contributed by atoms with van der Waals surface area (Å²) in [6.45, 7) is 7.80. The Morgan fingerprint density at radius 3 is 2.15 bits per heavy atom. The number of nitrogens with one attached hydrogen (secondary N) is 2. The van der Waals surface area contributed by atoms with Gasteiger partial charge >= 0.3 is 6.03 Å². The second-order valence-electron chi connectivity index (χ2n) is 4.96. The van der Waals surface area contributed by atoms with Crippen molar-refractivity contribution in [3.05, 3.63) is 29.3 Å². The van der Waals surface area contributed by atoms with Crippen molar-refractivity contribution in [2.24, 2.45) is 5.73 Å². The number of anilines is 1. The van der Waals surface area contributed by atoms with Crippen molar-refractivity contribution < 1.29 is 4.79 Å². The smallest absolute Gasteiger partial charge is 0.329 e. The summed E-state index contributed by atoms with van der Waals surface area (Å²) in [7, 11) is 0. The van der Waals surface area contributed by atoms with Crippen molar-refractivity contribution in [3.8, 4) is 0 Å². The fraction of sp³-hybridized carbons (Fsp3) is 0.467. The Bertz CT molecular complexity index is 474. The Hall–Kier alpha value is -2.04. The van der Waals surface area contributed by atoms with E-state index in [-0.39, 0.29) is 18.0 Å². The van der Waals surface area contributed by atoms with E-state index in [0.29, 0.717) is 0 Å². The number of carbonyl (C=O) groups is 1. The maximum atomic E-state index is 12.3. The number of para-hydroxylation sites is 1. The van der Waals surface area contributed by atoms with Gasteiger partial charge in [0.1, 0.15) is 0 Å². The van der Waals surface area contributed by atoms with Gasteiger partial charge in [0.05, 0.1) is 5.69 Å². The number of rotatable bonds is 4. The second-order valence-corrected chi connectivity index (χ2v) is 4.96. The SMILES string of the molecule is CCc1cccc(CC)c1N(C(=N)N)C(=O)NC(C)C. The topological polar surface area (TPSA) is 82.2 Å². The molecule has 20 heavy (non-hydrogen) atoms. The molecule has 0 saturated heterocycles. The molecule has 0 heterocycles. The zero-order valence-electron chi connectivity index (χ0n) is 12.7. The lowest BCUT2D eigenvalue weighted by Crippen LogP contribution is -2.49. The molecule has 0 unspecified atom stereocenters. The van der Waals surface area contributed by atoms with Crippen molar-refractivity contribution in [3.63, 3.8) is 0 Å². The van der Waals surface area contributed by atoms with Gasteiger partial charge in [-0.3, -0.25) is 5.41 Å². The van der Waals surface area contributed by atoms with Crippen molar-refractivity contribution in [2.75, 3.05) is 4.90 Å². The number of benzene rings is 1. The molecule has 1 aromatic rings. The van der Waals surface area contributed by atoms with Crippen LogP contribution < -0.4 is 16.0 Å². The molecule has 0 atom stereocenters. The molecular weight excluding hydrogens is 252 g/mol. The van der Waals surface area contributed by atoms with E-state index < -0.39 is 0 Å². The molecule has 5 nitrogen and oxygen atoms in total. The molecule has 2 amide bonds. The van der Waals surface area contributed by atoms with Crippen LogP contribution in [0.1, 0.15) is 38.8 Å². The third-order valence-corrected chi connectivity index (χ3v) is 3.04. The lowest BCUT2D eigenvalue weighted by molar-refractivity contribution is 0.246. The van der Waals surface area contributed by atoms with Crippen LogP contribution in [0.25, 0.3) is 0 Å². The van der Waals surface area contributed by atoms with Crippen molar-refractivity contribution in [2.45, 2.75) is 46.6 Å². The van der Waals surface area contributed by atoms with Crippen LogP contribution in [0.4, 0.5) is 10.5 Å². The van der Waals surface area contributed by atoms with E-state index in [4.69, 9.17) is 11.1 Å². The molecule has 0 radical (unpaired) electrons. The largest absolute Gasteiger partial charge is 0.369 e. The quantitative estimate of drug-likeness (QED) is 0.583. The van der Waals surface area contributed by atoms with Crippen LogP contribution >= 0.6 is 0 Å². The minimum Gasteiger partial charge on any atom is -0.369 e. The Labute approximate surface area is 120 Å². The Kier molecular flexibility index (Phi) is 5.55. The molecular formula is C15H24N4O. The van der Waals surface area contributed by atoms with Crippen LogP contribution in [-0.4, -0.2) is 18.0 Å². The lowest BCUT2D eigenvalue weighted by Gasteiger charge is -2.26. The molecule has 110 valence electrons. The molecule has 0 fully saturated rings. The number of guanidine groups is 1. The first-order valence-corrected chi connectivity index (χ1v) is 6.97. The number of hydrogen-bond donors (Lipinski definition) is 3. The highest BCUT2D eigenvalue weighted by atomic mass is 16.2. The van der Waals surface area contributed by atoms with Gasteiger partial charge in [0.15, 0.2) is 0 Å². The second kappa shape index (κ2) is 6.93. The molecule has 1 aromatic carbocycles. The molecule has 5 heteroatoms. The Balaban J connectivity index is 3.34. The Morgan fingerprint density at radius 2 is 1.80 bits per heavy atom. The van der Waals surface area contributed by atoms with Gasteiger partial charge in [-0.25, -0.2) is 9.69 Å². The number of nitrogens with two attached hydrogens (primary N) is 1. The van der Waals surface area contributed by atoms with Crippen molar-refractivity contribution in [1.82, 2.24) is 5.32 Å². The molecule has 0 aliphatic carbocycles. The van der Waals surface area contributed by atoms with Crippen LogP contribution in [0.3, 0.4) is 0 Å². The molecule has 0 saturated carbocycles. The highest BCUT2D eigenvalue weighted by Crippen LogP contribution is 2.27. The third-order valence-electron chi connectivity index (χ3n) is 3.04. The number of urea groups is 1. The average Bonchev–Trinajstić information content (AvgIpc) is 2.37. The minimum atomic E-state index is -0.358. The predicted molar refractivity (Wildman–Crippen MR) is 83.3 cm³/mol. The Morgan fingerprint density at radius 1 is 1.30 bits per heavy atom. The maximum Gasteiger partial charge on any atom is 0.329 e. The van der Waals surface area contributed by atoms with Crippen LogP contribution in [0.5, 0.6) is 0 Å². The van der Waals surface area contributed by atoms with Gasteiger partial charge in [0, 0.05) is 6.04 Å². The minimum absolute atomic E-state index is 0.0109. The summed E-state index contributed by atoms with van der Waals surface area (Å²) < 4.78 is 0. The lowest BCUT2D eigenvalue weighted by atomic mass is 10.0. The molecule has 0 aromatic heterocycles. The molecule has 1 rings (SSSR count). The van der Waals surface area contributed by atoms with Crippen LogP contribution in [-0.2, 0) is 12.8 Å². The van der Waals surface area contributed by atoms with Crippen molar-refractivity contribution in [1.29, 1.82) is 5.41 Å². The van der Waals surface area contributed by atoms with Gasteiger partial charge in [-0.1, -0.05) is 32.0 Å². The van der Waals surface area contributed by atoms with E-state index in [2.05, 4.69) is 5.32 Å². The molecule has 0 spiro atoms. The monoisotopic (exact) mass is 276 g/mol. The van der Waals surface area contributed by atoms with Gasteiger partial charge in [-0.15, -0.1) is 0 Å². The number of aryl methyl sites for hydroxylation is 2. The molecule has 4 N–H and O–H groups in total. The van der Waals surface area contributed by atoms with Crippen LogP contribution in [0, 0.1) is 5.41 Å². The first-order valence-electron chi connectivity index (χ1n) is 6.97. The first kappa shape index (κ1) is 16.0. The highest BCUT2D eigenvalue weighted by molar-refractivity contribution is 6.14. The van der Waals surface area contributed by atoms with Gasteiger partial charge < -0.3 is 11.1 Å². The van der Waals surface area contributed by atoms with Gasteiger partial charge in [0.2, 0.25) is 5.96 Å². The zero-order chi connectivity index (χ0) is 15.3. The molecule has 0 bridgehead atoms. The van der Waals surface area contributed by atoms with Gasteiger partial charge in [-0.05, 0) is 37.8 Å². The normalized spacial score (nSPS) is 10.4. The third kappa shape index (κ3) is 3.50.